The molecule has 3 atom stereocenters. The van der Waals surface area contributed by atoms with E-state index in [1.165, 1.54) is 4.90 Å². The largest absolute Gasteiger partial charge is 0.493 e. The van der Waals surface area contributed by atoms with Crippen molar-refractivity contribution in [2.24, 2.45) is 0 Å². The molecule has 8 heteroatoms. The normalized spacial score (nSPS) is 26.5. The highest BCUT2D eigenvalue weighted by Gasteiger charge is 2.44. The van der Waals surface area contributed by atoms with Crippen LogP contribution in [0.15, 0.2) is 42.5 Å². The molecule has 1 saturated heterocycles. The first-order chi connectivity index (χ1) is 17.2. The molecule has 1 unspecified atom stereocenters. The molecule has 8 nitrogen and oxygen atoms in total. The van der Waals surface area contributed by atoms with Gasteiger partial charge in [-0.2, -0.15) is 0 Å². The lowest BCUT2D eigenvalue weighted by Crippen LogP contribution is -2.62. The predicted molar refractivity (Wildman–Crippen MR) is 136 cm³/mol. The number of rotatable bonds is 5. The van der Waals surface area contributed by atoms with Crippen molar-refractivity contribution in [1.29, 1.82) is 5.41 Å². The van der Waals surface area contributed by atoms with Crippen LogP contribution in [0.4, 0.5) is 0 Å². The van der Waals surface area contributed by atoms with Gasteiger partial charge in [-0.1, -0.05) is 38.1 Å². The van der Waals surface area contributed by atoms with E-state index in [-0.39, 0.29) is 17.8 Å². The molecule has 0 spiro atoms. The molecule has 0 bridgehead atoms. The summed E-state index contributed by atoms with van der Waals surface area (Å²) >= 11 is 0. The summed E-state index contributed by atoms with van der Waals surface area (Å²) in [7, 11) is 0. The zero-order valence-electron chi connectivity index (χ0n) is 21.1. The Hall–Kier alpha value is -3.39. The standard InChI is InChI=1S/C28H34N4O4/c1-4-28(5-2)16-23(33)32(26(29)31-28)21-12-13-36-22-11-10-17(14-20(21)22)25(34)30-24-19-9-7-6-8-18(19)15-27(24,3)35/h6-11,14,21,24,35H,4-5,12-13,15-16H2,1-3H3,(H2,29,31)(H,30,34)/t21-,24-,27?/m1/s1. The zero-order valence-corrected chi connectivity index (χ0v) is 21.1. The van der Waals surface area contributed by atoms with E-state index in [0.717, 1.165) is 24.0 Å². The summed E-state index contributed by atoms with van der Waals surface area (Å²) in [4.78, 5) is 28.2. The number of hydrogen-bond donors (Lipinski definition) is 4. The third-order valence-corrected chi connectivity index (χ3v) is 8.14. The van der Waals surface area contributed by atoms with Gasteiger partial charge in [0.1, 0.15) is 5.75 Å². The van der Waals surface area contributed by atoms with Crippen LogP contribution in [-0.4, -0.2) is 45.5 Å². The third-order valence-electron chi connectivity index (χ3n) is 8.14. The van der Waals surface area contributed by atoms with Crippen molar-refractivity contribution in [2.75, 3.05) is 6.61 Å². The number of carbonyl (C=O) groups is 2. The first-order valence-corrected chi connectivity index (χ1v) is 12.7. The number of nitrogens with one attached hydrogen (secondary N) is 3. The Kier molecular flexibility index (Phi) is 6.03. The molecule has 190 valence electrons. The number of benzene rings is 2. The smallest absolute Gasteiger partial charge is 0.251 e. The molecule has 2 aliphatic heterocycles. The van der Waals surface area contributed by atoms with Gasteiger partial charge in [0.15, 0.2) is 5.96 Å². The fourth-order valence-corrected chi connectivity index (χ4v) is 5.89. The third kappa shape index (κ3) is 4.03. The Morgan fingerprint density at radius 3 is 2.67 bits per heavy atom. The summed E-state index contributed by atoms with van der Waals surface area (Å²) < 4.78 is 5.85. The molecule has 3 aliphatic rings. The van der Waals surface area contributed by atoms with Crippen LogP contribution in [0.5, 0.6) is 5.75 Å². The highest BCUT2D eigenvalue weighted by atomic mass is 16.5. The van der Waals surface area contributed by atoms with Crippen molar-refractivity contribution in [3.63, 3.8) is 0 Å². The minimum absolute atomic E-state index is 0.0891. The van der Waals surface area contributed by atoms with Gasteiger partial charge >= 0.3 is 0 Å². The molecule has 0 saturated carbocycles. The van der Waals surface area contributed by atoms with E-state index >= 15 is 0 Å². The molecule has 2 amide bonds. The SMILES string of the molecule is CCC1(CC)CC(=O)N([C@@H]2CCOc3ccc(C(=O)N[C@@H]4c5ccccc5CC4(C)O)cc32)C(=N)N1. The average Bonchev–Trinajstić information content (AvgIpc) is 3.12. The van der Waals surface area contributed by atoms with Crippen LogP contribution in [-0.2, 0) is 11.2 Å². The maximum absolute atomic E-state index is 13.4. The Balaban J connectivity index is 1.42. The number of nitrogens with zero attached hydrogens (tertiary/aromatic N) is 1. The number of carbonyl (C=O) groups excluding carboxylic acids is 2. The number of hydrogen-bond acceptors (Lipinski definition) is 5. The second-order valence-electron chi connectivity index (χ2n) is 10.4. The summed E-state index contributed by atoms with van der Waals surface area (Å²) in [5.74, 6) is 0.317. The van der Waals surface area contributed by atoms with Crippen LogP contribution >= 0.6 is 0 Å². The zero-order chi connectivity index (χ0) is 25.7. The van der Waals surface area contributed by atoms with Crippen molar-refractivity contribution in [3.8, 4) is 5.75 Å². The number of guanidine groups is 1. The molecule has 1 aliphatic carbocycles. The second-order valence-corrected chi connectivity index (χ2v) is 10.4. The summed E-state index contributed by atoms with van der Waals surface area (Å²) in [6.45, 7) is 6.22. The van der Waals surface area contributed by atoms with E-state index in [4.69, 9.17) is 10.1 Å². The lowest BCUT2D eigenvalue weighted by Gasteiger charge is -2.45. The van der Waals surface area contributed by atoms with E-state index in [0.29, 0.717) is 42.7 Å². The molecule has 0 aromatic heterocycles. The van der Waals surface area contributed by atoms with E-state index in [1.54, 1.807) is 25.1 Å². The quantitative estimate of drug-likeness (QED) is 0.511. The molecule has 2 aromatic rings. The van der Waals surface area contributed by atoms with Crippen molar-refractivity contribution in [2.45, 2.75) is 76.1 Å². The van der Waals surface area contributed by atoms with Crippen molar-refractivity contribution >= 4 is 17.8 Å². The number of ether oxygens (including phenoxy) is 1. The van der Waals surface area contributed by atoms with Gasteiger partial charge in [0.05, 0.1) is 30.7 Å². The highest BCUT2D eigenvalue weighted by molar-refractivity contribution is 6.00. The number of aliphatic hydroxyl groups is 1. The summed E-state index contributed by atoms with van der Waals surface area (Å²) in [6.07, 6.45) is 2.84. The van der Waals surface area contributed by atoms with Gasteiger partial charge in [-0.25, -0.2) is 0 Å². The maximum atomic E-state index is 13.4. The van der Waals surface area contributed by atoms with Crippen LogP contribution in [0.2, 0.25) is 0 Å². The number of amides is 2. The van der Waals surface area contributed by atoms with Gasteiger partial charge in [0, 0.05) is 29.5 Å². The summed E-state index contributed by atoms with van der Waals surface area (Å²) in [5, 5.41) is 26.0. The Bertz CT molecular complexity index is 1200. The van der Waals surface area contributed by atoms with Crippen LogP contribution in [0.1, 0.15) is 85.6 Å². The average molecular weight is 491 g/mol. The topological polar surface area (TPSA) is 115 Å². The van der Waals surface area contributed by atoms with E-state index in [9.17, 15) is 14.7 Å². The minimum Gasteiger partial charge on any atom is -0.493 e. The van der Waals surface area contributed by atoms with Crippen molar-refractivity contribution in [1.82, 2.24) is 15.5 Å². The van der Waals surface area contributed by atoms with Gasteiger partial charge in [-0.15, -0.1) is 0 Å². The van der Waals surface area contributed by atoms with Crippen LogP contribution in [0, 0.1) is 5.41 Å². The van der Waals surface area contributed by atoms with E-state index < -0.39 is 23.2 Å². The number of fused-ring (bicyclic) bond motifs is 2. The molecule has 5 rings (SSSR count). The predicted octanol–water partition coefficient (Wildman–Crippen LogP) is 3.60. The summed E-state index contributed by atoms with van der Waals surface area (Å²) in [6, 6.07) is 12.0. The first kappa shape index (κ1) is 24.3. The first-order valence-electron chi connectivity index (χ1n) is 12.7. The molecule has 36 heavy (non-hydrogen) atoms. The van der Waals surface area contributed by atoms with E-state index in [1.807, 2.05) is 38.1 Å². The Morgan fingerprint density at radius 1 is 1.19 bits per heavy atom. The van der Waals surface area contributed by atoms with Crippen molar-refractivity contribution in [3.05, 3.63) is 64.7 Å². The molecular weight excluding hydrogens is 456 g/mol. The van der Waals surface area contributed by atoms with Gasteiger partial charge in [-0.3, -0.25) is 19.9 Å². The fourth-order valence-electron chi connectivity index (χ4n) is 5.89. The summed E-state index contributed by atoms with van der Waals surface area (Å²) in [5.41, 5.74) is 1.60. The lowest BCUT2D eigenvalue weighted by atomic mass is 9.85. The fraction of sp³-hybridized carbons (Fsp3) is 0.464. The van der Waals surface area contributed by atoms with Gasteiger partial charge < -0.3 is 20.5 Å². The van der Waals surface area contributed by atoms with Gasteiger partial charge in [-0.05, 0) is 49.1 Å². The lowest BCUT2D eigenvalue weighted by molar-refractivity contribution is -0.133. The Labute approximate surface area is 211 Å². The van der Waals surface area contributed by atoms with E-state index in [2.05, 4.69) is 10.6 Å². The molecule has 0 radical (unpaired) electrons. The monoisotopic (exact) mass is 490 g/mol. The van der Waals surface area contributed by atoms with Crippen molar-refractivity contribution < 1.29 is 19.4 Å². The van der Waals surface area contributed by atoms with Crippen LogP contribution < -0.4 is 15.4 Å². The molecular formula is C28H34N4O4. The minimum atomic E-state index is -1.09. The van der Waals surface area contributed by atoms with Gasteiger partial charge in [0.25, 0.3) is 5.91 Å². The second kappa shape index (κ2) is 8.92. The highest BCUT2D eigenvalue weighted by Crippen LogP contribution is 2.41. The molecule has 1 fully saturated rings. The maximum Gasteiger partial charge on any atom is 0.251 e. The van der Waals surface area contributed by atoms with Crippen LogP contribution in [0.3, 0.4) is 0 Å². The van der Waals surface area contributed by atoms with Crippen LogP contribution in [0.25, 0.3) is 0 Å². The Morgan fingerprint density at radius 2 is 1.94 bits per heavy atom. The molecule has 2 aromatic carbocycles. The molecule has 4 N–H and O–H groups in total. The van der Waals surface area contributed by atoms with Gasteiger partial charge in [0.2, 0.25) is 5.91 Å². The molecule has 2 heterocycles.